The lowest BCUT2D eigenvalue weighted by atomic mass is 9.94. The lowest BCUT2D eigenvalue weighted by Gasteiger charge is -2.19. The summed E-state index contributed by atoms with van der Waals surface area (Å²) < 4.78 is 12.6. The maximum absolute atomic E-state index is 12.6. The Kier molecular flexibility index (Phi) is 6.29. The Labute approximate surface area is 145 Å². The Balaban J connectivity index is 2.10. The van der Waals surface area contributed by atoms with E-state index in [4.69, 9.17) is 0 Å². The normalized spacial score (nSPS) is 14.7. The van der Waals surface area contributed by atoms with Gasteiger partial charge in [-0.15, -0.1) is 0 Å². The van der Waals surface area contributed by atoms with Crippen molar-refractivity contribution in [2.24, 2.45) is 5.92 Å². The molecule has 0 spiro atoms. The van der Waals surface area contributed by atoms with Crippen molar-refractivity contribution in [3.63, 3.8) is 0 Å². The number of ketones is 1. The van der Waals surface area contributed by atoms with Gasteiger partial charge in [0.05, 0.1) is 33.2 Å². The van der Waals surface area contributed by atoms with E-state index in [0.717, 1.165) is 5.69 Å². The van der Waals surface area contributed by atoms with E-state index in [0.29, 0.717) is 10.5 Å². The zero-order valence-corrected chi connectivity index (χ0v) is 15.0. The number of aliphatic hydroxyl groups is 1. The Morgan fingerprint density at radius 2 is 1.67 bits per heavy atom. The van der Waals surface area contributed by atoms with Crippen molar-refractivity contribution in [1.29, 1.82) is 0 Å². The number of carbonyl (C=O) groups excluding carboxylic acids is 1. The molecular formula is C19H23NO3S. The summed E-state index contributed by atoms with van der Waals surface area (Å²) in [7, 11) is 2.31. The van der Waals surface area contributed by atoms with E-state index >= 15 is 0 Å². The number of aliphatic hydroxyl groups excluding tert-OH is 1. The zero-order valence-electron chi connectivity index (χ0n) is 14.2. The van der Waals surface area contributed by atoms with E-state index in [9.17, 15) is 14.1 Å². The summed E-state index contributed by atoms with van der Waals surface area (Å²) in [5, 5.41) is 10.4. The van der Waals surface area contributed by atoms with Crippen LogP contribution in [0.25, 0.3) is 0 Å². The van der Waals surface area contributed by atoms with E-state index in [1.165, 1.54) is 0 Å². The van der Waals surface area contributed by atoms with Gasteiger partial charge in [0.25, 0.3) is 0 Å². The quantitative estimate of drug-likeness (QED) is 0.838. The molecule has 3 atom stereocenters. The fourth-order valence-corrected chi connectivity index (χ4v) is 3.86. The Bertz CT molecular complexity index is 716. The number of nitrogens with zero attached hydrogens (tertiary/aromatic N) is 1. The number of para-hydroxylation sites is 1. The molecule has 2 aromatic rings. The van der Waals surface area contributed by atoms with Gasteiger partial charge < -0.3 is 10.0 Å². The molecule has 0 aliphatic heterocycles. The molecule has 0 unspecified atom stereocenters. The molecule has 0 saturated carbocycles. The molecule has 2 aromatic carbocycles. The van der Waals surface area contributed by atoms with Crippen LogP contribution < -0.4 is 4.90 Å². The molecule has 1 N–H and O–H groups in total. The van der Waals surface area contributed by atoms with Gasteiger partial charge in [-0.05, 0) is 17.7 Å². The fraction of sp³-hybridized carbons (Fsp3) is 0.316. The first-order chi connectivity index (χ1) is 11.4. The number of anilines is 1. The molecule has 24 heavy (non-hydrogen) atoms. The van der Waals surface area contributed by atoms with Crippen molar-refractivity contribution in [3.05, 3.63) is 60.2 Å². The summed E-state index contributed by atoms with van der Waals surface area (Å²) in [6, 6.07) is 16.4. The van der Waals surface area contributed by atoms with E-state index < -0.39 is 22.8 Å². The van der Waals surface area contributed by atoms with Crippen molar-refractivity contribution in [2.45, 2.75) is 17.9 Å². The topological polar surface area (TPSA) is 57.6 Å². The van der Waals surface area contributed by atoms with E-state index in [2.05, 4.69) is 0 Å². The van der Waals surface area contributed by atoms with Gasteiger partial charge >= 0.3 is 0 Å². The number of Topliss-reactive ketones (excluding diaryl/α,β-unsaturated/α-hetero) is 1. The van der Waals surface area contributed by atoms with Crippen LogP contribution in [0.2, 0.25) is 0 Å². The first-order valence-electron chi connectivity index (χ1n) is 7.82. The van der Waals surface area contributed by atoms with Gasteiger partial charge in [-0.3, -0.25) is 9.00 Å². The minimum absolute atomic E-state index is 0.101. The average molecular weight is 345 g/mol. The Hall–Kier alpha value is -1.98. The molecule has 0 aromatic heterocycles. The number of hydrogen-bond acceptors (Lipinski definition) is 4. The lowest BCUT2D eigenvalue weighted by Crippen LogP contribution is -2.25. The van der Waals surface area contributed by atoms with Crippen LogP contribution in [0.4, 0.5) is 5.69 Å². The van der Waals surface area contributed by atoms with Crippen LogP contribution in [0.3, 0.4) is 0 Å². The van der Waals surface area contributed by atoms with Crippen LogP contribution in [-0.2, 0) is 15.6 Å². The largest absolute Gasteiger partial charge is 0.388 e. The standard InChI is InChI=1S/C19H23NO3S/c1-14(19(22)15-9-5-4-6-10-15)17(21)13-24(23)18-12-8-7-11-16(18)20(2)3/h4-12,14,19,22H,13H2,1-3H3/t14-,19+,24+/m0/s1. The molecule has 0 saturated heterocycles. The molecule has 2 rings (SSSR count). The highest BCUT2D eigenvalue weighted by Gasteiger charge is 2.25. The second-order valence-corrected chi connectivity index (χ2v) is 7.38. The van der Waals surface area contributed by atoms with Crippen molar-refractivity contribution < 1.29 is 14.1 Å². The van der Waals surface area contributed by atoms with E-state index in [-0.39, 0.29) is 11.5 Å². The predicted molar refractivity (Wildman–Crippen MR) is 97.6 cm³/mol. The van der Waals surface area contributed by atoms with Gasteiger partial charge in [0.2, 0.25) is 0 Å². The first kappa shape index (κ1) is 18.4. The van der Waals surface area contributed by atoms with Crippen molar-refractivity contribution in [3.8, 4) is 0 Å². The molecule has 0 fully saturated rings. The SMILES string of the molecule is C[C@@H](C(=O)C[S@@](=O)c1ccccc1N(C)C)[C@@H](O)c1ccccc1. The van der Waals surface area contributed by atoms with E-state index in [1.54, 1.807) is 25.1 Å². The van der Waals surface area contributed by atoms with E-state index in [1.807, 2.05) is 55.4 Å². The third-order valence-corrected chi connectivity index (χ3v) is 5.37. The highest BCUT2D eigenvalue weighted by Crippen LogP contribution is 2.25. The van der Waals surface area contributed by atoms with Crippen LogP contribution in [0.1, 0.15) is 18.6 Å². The fourth-order valence-electron chi connectivity index (χ4n) is 2.47. The van der Waals surface area contributed by atoms with Gasteiger partial charge in [0, 0.05) is 20.0 Å². The summed E-state index contributed by atoms with van der Waals surface area (Å²) in [4.78, 5) is 15.0. The average Bonchev–Trinajstić information content (AvgIpc) is 2.61. The monoisotopic (exact) mass is 345 g/mol. The van der Waals surface area contributed by atoms with Crippen LogP contribution in [0.5, 0.6) is 0 Å². The van der Waals surface area contributed by atoms with Crippen LogP contribution in [-0.4, -0.2) is 34.9 Å². The molecule has 128 valence electrons. The third kappa shape index (κ3) is 4.30. The van der Waals surface area contributed by atoms with Gasteiger partial charge in [0.1, 0.15) is 0 Å². The van der Waals surface area contributed by atoms with Crippen LogP contribution in [0, 0.1) is 5.92 Å². The smallest absolute Gasteiger partial charge is 0.151 e. The van der Waals surface area contributed by atoms with Crippen molar-refractivity contribution in [1.82, 2.24) is 0 Å². The molecule has 0 amide bonds. The summed E-state index contributed by atoms with van der Waals surface area (Å²) in [6.07, 6.45) is -0.889. The second kappa shape index (κ2) is 8.22. The highest BCUT2D eigenvalue weighted by molar-refractivity contribution is 7.86. The molecule has 0 aliphatic rings. The lowest BCUT2D eigenvalue weighted by molar-refractivity contribution is -0.123. The molecular weight excluding hydrogens is 322 g/mol. The third-order valence-electron chi connectivity index (χ3n) is 3.99. The van der Waals surface area contributed by atoms with Gasteiger partial charge in [-0.2, -0.15) is 0 Å². The van der Waals surface area contributed by atoms with Crippen LogP contribution >= 0.6 is 0 Å². The molecule has 0 bridgehead atoms. The molecule has 0 aliphatic carbocycles. The summed E-state index contributed by atoms with van der Waals surface area (Å²) >= 11 is 0. The molecule has 4 nitrogen and oxygen atoms in total. The summed E-state index contributed by atoms with van der Waals surface area (Å²) in [5.74, 6) is -0.920. The van der Waals surface area contributed by atoms with Gasteiger partial charge in [-0.1, -0.05) is 49.4 Å². The predicted octanol–water partition coefficient (Wildman–Crippen LogP) is 2.80. The van der Waals surface area contributed by atoms with Crippen LogP contribution in [0.15, 0.2) is 59.5 Å². The molecule has 0 radical (unpaired) electrons. The maximum Gasteiger partial charge on any atom is 0.151 e. The zero-order chi connectivity index (χ0) is 17.7. The number of benzene rings is 2. The summed E-state index contributed by atoms with van der Waals surface area (Å²) in [5.41, 5.74) is 1.53. The Morgan fingerprint density at radius 3 is 2.29 bits per heavy atom. The number of hydrogen-bond donors (Lipinski definition) is 1. The highest BCUT2D eigenvalue weighted by atomic mass is 32.2. The van der Waals surface area contributed by atoms with Gasteiger partial charge in [0.15, 0.2) is 5.78 Å². The number of rotatable bonds is 7. The Morgan fingerprint density at radius 1 is 1.08 bits per heavy atom. The second-order valence-electron chi connectivity index (χ2n) is 5.96. The first-order valence-corrected chi connectivity index (χ1v) is 9.14. The molecule has 0 heterocycles. The minimum Gasteiger partial charge on any atom is -0.388 e. The van der Waals surface area contributed by atoms with Gasteiger partial charge in [-0.25, -0.2) is 0 Å². The minimum atomic E-state index is -1.44. The number of carbonyl (C=O) groups is 1. The van der Waals surface area contributed by atoms with Crippen molar-refractivity contribution >= 4 is 22.3 Å². The summed E-state index contributed by atoms with van der Waals surface area (Å²) in [6.45, 7) is 1.68. The maximum atomic E-state index is 12.6. The van der Waals surface area contributed by atoms with Crippen molar-refractivity contribution in [2.75, 3.05) is 24.7 Å². The molecule has 5 heteroatoms.